The molecule has 0 atom stereocenters. The second kappa shape index (κ2) is 5.65. The highest BCUT2D eigenvalue weighted by molar-refractivity contribution is 7.90. The molecule has 0 amide bonds. The highest BCUT2D eigenvalue weighted by Crippen LogP contribution is 2.18. The normalized spacial score (nSPS) is 11.4. The molecule has 0 radical (unpaired) electrons. The van der Waals surface area contributed by atoms with Gasteiger partial charge in [-0.1, -0.05) is 12.1 Å². The van der Waals surface area contributed by atoms with Crippen molar-refractivity contribution in [1.29, 1.82) is 0 Å². The molecule has 5 nitrogen and oxygen atoms in total. The minimum absolute atomic E-state index is 0.166. The first-order valence-corrected chi connectivity index (χ1v) is 7.81. The van der Waals surface area contributed by atoms with Gasteiger partial charge in [0.25, 0.3) is 0 Å². The zero-order valence-corrected chi connectivity index (χ0v) is 11.9. The zero-order chi connectivity index (χ0) is 15.6. The van der Waals surface area contributed by atoms with Gasteiger partial charge >= 0.3 is 0 Å². The van der Waals surface area contributed by atoms with Gasteiger partial charge in [-0.05, 0) is 17.7 Å². The first-order chi connectivity index (χ1) is 9.77. The van der Waals surface area contributed by atoms with E-state index >= 15 is 0 Å². The van der Waals surface area contributed by atoms with Crippen molar-refractivity contribution in [2.24, 2.45) is 0 Å². The van der Waals surface area contributed by atoms with Crippen molar-refractivity contribution in [2.75, 3.05) is 17.3 Å². The van der Waals surface area contributed by atoms with Crippen LogP contribution in [0.3, 0.4) is 0 Å². The highest BCUT2D eigenvalue weighted by atomic mass is 32.2. The molecule has 0 unspecified atom stereocenters. The monoisotopic (exact) mass is 313 g/mol. The Morgan fingerprint density at radius 2 is 1.81 bits per heavy atom. The third kappa shape index (κ3) is 3.66. The average molecular weight is 313 g/mol. The van der Waals surface area contributed by atoms with Crippen LogP contribution >= 0.6 is 0 Å². The van der Waals surface area contributed by atoms with Crippen LogP contribution < -0.4 is 11.1 Å². The maximum atomic E-state index is 13.5. The van der Waals surface area contributed by atoms with Gasteiger partial charge in [-0.15, -0.1) is 0 Å². The Balaban J connectivity index is 2.12. The topological polar surface area (TPSA) is 85.1 Å². The molecule has 0 aliphatic rings. The van der Waals surface area contributed by atoms with Gasteiger partial charge in [0, 0.05) is 18.9 Å². The van der Waals surface area contributed by atoms with Gasteiger partial charge in [0.1, 0.15) is 0 Å². The molecule has 0 spiro atoms. The Bertz CT molecular complexity index is 762. The number of benzene rings is 1. The number of nitrogens with one attached hydrogen (secondary N) is 1. The van der Waals surface area contributed by atoms with Crippen LogP contribution in [0.1, 0.15) is 5.56 Å². The molecule has 0 bridgehead atoms. The third-order valence-corrected chi connectivity index (χ3v) is 3.90. The van der Waals surface area contributed by atoms with Crippen LogP contribution in [0, 0.1) is 11.6 Å². The van der Waals surface area contributed by atoms with Gasteiger partial charge < -0.3 is 11.1 Å². The lowest BCUT2D eigenvalue weighted by Crippen LogP contribution is -2.07. The summed E-state index contributed by atoms with van der Waals surface area (Å²) in [4.78, 5) is 3.76. The summed E-state index contributed by atoms with van der Waals surface area (Å²) in [6, 6.07) is 6.74. The Labute approximate surface area is 120 Å². The molecular formula is C13H13F2N3O2S. The van der Waals surface area contributed by atoms with Crippen LogP contribution in [0.5, 0.6) is 0 Å². The molecule has 1 aromatic carbocycles. The van der Waals surface area contributed by atoms with Crippen molar-refractivity contribution in [3.05, 3.63) is 47.5 Å². The number of rotatable bonds is 4. The van der Waals surface area contributed by atoms with E-state index < -0.39 is 27.3 Å². The van der Waals surface area contributed by atoms with Crippen LogP contribution in [0.4, 0.5) is 20.4 Å². The molecule has 0 fully saturated rings. The smallest absolute Gasteiger partial charge is 0.175 e. The van der Waals surface area contributed by atoms with Crippen LogP contribution in [0.25, 0.3) is 0 Å². The van der Waals surface area contributed by atoms with Crippen LogP contribution in [-0.2, 0) is 16.4 Å². The van der Waals surface area contributed by atoms with Gasteiger partial charge in [-0.2, -0.15) is 0 Å². The predicted molar refractivity (Wildman–Crippen MR) is 75.4 cm³/mol. The standard InChI is InChI=1S/C13H13F2N3O2S/c1-21(19,20)9-4-2-8(3-5-9)7-17-13-11(15)6-10(14)12(16)18-13/h2-6H,7H2,1H3,(H3,16,17,18). The summed E-state index contributed by atoms with van der Waals surface area (Å²) in [6.45, 7) is 0.193. The van der Waals surface area contributed by atoms with Crippen molar-refractivity contribution < 1.29 is 17.2 Å². The molecular weight excluding hydrogens is 300 g/mol. The lowest BCUT2D eigenvalue weighted by atomic mass is 10.2. The van der Waals surface area contributed by atoms with Crippen LogP contribution in [-0.4, -0.2) is 19.7 Å². The molecule has 0 aliphatic carbocycles. The number of hydrogen-bond acceptors (Lipinski definition) is 5. The fraction of sp³-hybridized carbons (Fsp3) is 0.154. The Morgan fingerprint density at radius 3 is 2.38 bits per heavy atom. The maximum Gasteiger partial charge on any atom is 0.175 e. The Morgan fingerprint density at radius 1 is 1.19 bits per heavy atom. The SMILES string of the molecule is CS(=O)(=O)c1ccc(CNc2nc(N)c(F)cc2F)cc1. The number of nitrogens with zero attached hydrogens (tertiary/aromatic N) is 1. The second-order valence-electron chi connectivity index (χ2n) is 4.46. The van der Waals surface area contributed by atoms with Crippen molar-refractivity contribution in [3.8, 4) is 0 Å². The van der Waals surface area contributed by atoms with Crippen LogP contribution in [0.2, 0.25) is 0 Å². The fourth-order valence-corrected chi connectivity index (χ4v) is 2.28. The number of anilines is 2. The largest absolute Gasteiger partial charge is 0.381 e. The fourth-order valence-electron chi connectivity index (χ4n) is 1.65. The number of pyridine rings is 1. The number of nitrogen functional groups attached to an aromatic ring is 1. The molecule has 2 rings (SSSR count). The molecule has 3 N–H and O–H groups in total. The molecule has 21 heavy (non-hydrogen) atoms. The average Bonchev–Trinajstić information content (AvgIpc) is 2.41. The summed E-state index contributed by atoms with van der Waals surface area (Å²) in [7, 11) is -3.25. The number of hydrogen-bond donors (Lipinski definition) is 2. The summed E-state index contributed by atoms with van der Waals surface area (Å²) in [5.41, 5.74) is 5.98. The minimum Gasteiger partial charge on any atom is -0.381 e. The zero-order valence-electron chi connectivity index (χ0n) is 11.1. The molecule has 8 heteroatoms. The van der Waals surface area contributed by atoms with Crippen molar-refractivity contribution in [2.45, 2.75) is 11.4 Å². The van der Waals surface area contributed by atoms with Crippen molar-refractivity contribution in [1.82, 2.24) is 4.98 Å². The van der Waals surface area contributed by atoms with E-state index in [1.807, 2.05) is 0 Å². The quantitative estimate of drug-likeness (QED) is 0.901. The summed E-state index contributed by atoms with van der Waals surface area (Å²) in [6.07, 6.45) is 1.11. The van der Waals surface area contributed by atoms with Gasteiger partial charge in [0.05, 0.1) is 4.90 Å². The summed E-state index contributed by atoms with van der Waals surface area (Å²) in [5, 5.41) is 2.67. The van der Waals surface area contributed by atoms with Gasteiger partial charge in [0.15, 0.2) is 33.1 Å². The summed E-state index contributed by atoms with van der Waals surface area (Å²) < 4.78 is 49.0. The molecule has 1 heterocycles. The lowest BCUT2D eigenvalue weighted by Gasteiger charge is -2.08. The Kier molecular flexibility index (Phi) is 4.08. The van der Waals surface area contributed by atoms with E-state index in [2.05, 4.69) is 10.3 Å². The molecule has 0 aliphatic heterocycles. The van der Waals surface area contributed by atoms with E-state index in [4.69, 9.17) is 5.73 Å². The van der Waals surface area contributed by atoms with Gasteiger partial charge in [0.2, 0.25) is 0 Å². The number of nitrogens with two attached hydrogens (primary N) is 1. The van der Waals surface area contributed by atoms with Crippen molar-refractivity contribution >= 4 is 21.5 Å². The lowest BCUT2D eigenvalue weighted by molar-refractivity contribution is 0.579. The molecule has 0 saturated heterocycles. The van der Waals surface area contributed by atoms with Crippen LogP contribution in [0.15, 0.2) is 35.2 Å². The number of aromatic nitrogens is 1. The number of sulfone groups is 1. The third-order valence-electron chi connectivity index (χ3n) is 2.77. The van der Waals surface area contributed by atoms with Gasteiger partial charge in [-0.3, -0.25) is 0 Å². The summed E-state index contributed by atoms with van der Waals surface area (Å²) >= 11 is 0. The van der Waals surface area contributed by atoms with E-state index in [1.165, 1.54) is 12.1 Å². The van der Waals surface area contributed by atoms with E-state index in [-0.39, 0.29) is 17.3 Å². The maximum absolute atomic E-state index is 13.5. The number of halogens is 2. The predicted octanol–water partition coefficient (Wildman–Crippen LogP) is 1.96. The summed E-state index contributed by atoms with van der Waals surface area (Å²) in [5.74, 6) is -2.34. The minimum atomic E-state index is -3.25. The molecule has 1 aromatic heterocycles. The van der Waals surface area contributed by atoms with E-state index in [9.17, 15) is 17.2 Å². The molecule has 0 saturated carbocycles. The first-order valence-electron chi connectivity index (χ1n) is 5.92. The second-order valence-corrected chi connectivity index (χ2v) is 6.47. The Hall–Kier alpha value is -2.22. The van der Waals surface area contributed by atoms with E-state index in [1.54, 1.807) is 12.1 Å². The van der Waals surface area contributed by atoms with E-state index in [0.29, 0.717) is 11.6 Å². The molecule has 2 aromatic rings. The van der Waals surface area contributed by atoms with E-state index in [0.717, 1.165) is 6.26 Å². The van der Waals surface area contributed by atoms with Gasteiger partial charge in [-0.25, -0.2) is 22.2 Å². The highest BCUT2D eigenvalue weighted by Gasteiger charge is 2.10. The molecule has 112 valence electrons. The first kappa shape index (κ1) is 15.2. The van der Waals surface area contributed by atoms with Crippen molar-refractivity contribution in [3.63, 3.8) is 0 Å².